The van der Waals surface area contributed by atoms with E-state index in [-0.39, 0.29) is 0 Å². The molecule has 1 N–H and O–H groups in total. The summed E-state index contributed by atoms with van der Waals surface area (Å²) in [5.74, 6) is 0. The van der Waals surface area contributed by atoms with Crippen molar-refractivity contribution in [1.82, 2.24) is 0 Å². The first-order valence-electron chi connectivity index (χ1n) is 7.83. The lowest BCUT2D eigenvalue weighted by molar-refractivity contribution is 0.210. The molecule has 1 atom stereocenters. The zero-order valence-electron chi connectivity index (χ0n) is 13.3. The third-order valence-electron chi connectivity index (χ3n) is 3.79. The second-order valence-corrected chi connectivity index (χ2v) is 5.02. The Morgan fingerprint density at radius 3 is 2.10 bits per heavy atom. The van der Waals surface area contributed by atoms with Gasteiger partial charge in [0.1, 0.15) is 6.10 Å². The number of benzene rings is 1. The summed E-state index contributed by atoms with van der Waals surface area (Å²) in [4.78, 5) is 0. The maximum atomic E-state index is 10.7. The Morgan fingerprint density at radius 1 is 1.00 bits per heavy atom. The Balaban J connectivity index is 3.25. The summed E-state index contributed by atoms with van der Waals surface area (Å²) in [7, 11) is 0. The van der Waals surface area contributed by atoms with Crippen molar-refractivity contribution in [1.29, 1.82) is 0 Å². The molecule has 1 nitrogen and oxygen atoms in total. The third kappa shape index (κ3) is 4.08. The number of allylic oxidation sites excluding steroid dienone is 3. The average molecular weight is 272 g/mol. The van der Waals surface area contributed by atoms with Crippen LogP contribution in [0.5, 0.6) is 0 Å². The first-order chi connectivity index (χ1) is 9.69. The molecule has 0 radical (unpaired) electrons. The first-order valence-corrected chi connectivity index (χ1v) is 7.83. The van der Waals surface area contributed by atoms with Gasteiger partial charge in [-0.1, -0.05) is 64.1 Å². The van der Waals surface area contributed by atoms with E-state index < -0.39 is 6.10 Å². The largest absolute Gasteiger partial charge is 0.384 e. The van der Waals surface area contributed by atoms with E-state index >= 15 is 0 Å². The van der Waals surface area contributed by atoms with Crippen LogP contribution in [0.1, 0.15) is 65.0 Å². The van der Waals surface area contributed by atoms with Crippen LogP contribution >= 0.6 is 0 Å². The van der Waals surface area contributed by atoms with Crippen LogP contribution < -0.4 is 0 Å². The average Bonchev–Trinajstić information content (AvgIpc) is 2.51. The molecule has 1 unspecified atom stereocenters. The van der Waals surface area contributed by atoms with Crippen LogP contribution in [-0.2, 0) is 0 Å². The molecule has 0 saturated heterocycles. The normalized spacial score (nSPS) is 14.9. The molecule has 0 heterocycles. The number of hydrogen-bond donors (Lipinski definition) is 1. The van der Waals surface area contributed by atoms with E-state index in [0.29, 0.717) is 0 Å². The van der Waals surface area contributed by atoms with Gasteiger partial charge in [-0.05, 0) is 48.0 Å². The monoisotopic (exact) mass is 272 g/mol. The first kappa shape index (κ1) is 16.7. The Bertz CT molecular complexity index is 454. The Labute approximate surface area is 124 Å². The van der Waals surface area contributed by atoms with Crippen LogP contribution in [0.25, 0.3) is 0 Å². The standard InChI is InChI=1S/C19H28O/c1-5-12-15(6-2)17(7-3)18(8-4)19(20)16-13-10-9-11-14-16/h9-14,19-20H,5-8H2,1-4H3/b15-12+,18-17+. The number of aliphatic hydroxyl groups excluding tert-OH is 1. The second kappa shape index (κ2) is 8.76. The van der Waals surface area contributed by atoms with E-state index in [1.165, 1.54) is 16.7 Å². The smallest absolute Gasteiger partial charge is 0.101 e. The van der Waals surface area contributed by atoms with Gasteiger partial charge >= 0.3 is 0 Å². The van der Waals surface area contributed by atoms with E-state index in [1.807, 2.05) is 30.3 Å². The quantitative estimate of drug-likeness (QED) is 0.642. The van der Waals surface area contributed by atoms with Crippen molar-refractivity contribution in [3.63, 3.8) is 0 Å². The van der Waals surface area contributed by atoms with Gasteiger partial charge in [0.15, 0.2) is 0 Å². The molecule has 0 aliphatic rings. The second-order valence-electron chi connectivity index (χ2n) is 5.02. The topological polar surface area (TPSA) is 20.2 Å². The van der Waals surface area contributed by atoms with Gasteiger partial charge in [0.05, 0.1) is 0 Å². The Hall–Kier alpha value is -1.34. The highest BCUT2D eigenvalue weighted by molar-refractivity contribution is 5.39. The lowest BCUT2D eigenvalue weighted by Crippen LogP contribution is -2.06. The van der Waals surface area contributed by atoms with Gasteiger partial charge in [0.2, 0.25) is 0 Å². The highest BCUT2D eigenvalue weighted by atomic mass is 16.3. The van der Waals surface area contributed by atoms with Crippen LogP contribution in [0.4, 0.5) is 0 Å². The van der Waals surface area contributed by atoms with Gasteiger partial charge in [-0.2, -0.15) is 0 Å². The lowest BCUT2D eigenvalue weighted by atomic mass is 9.88. The summed E-state index contributed by atoms with van der Waals surface area (Å²) in [6.07, 6.45) is 5.76. The summed E-state index contributed by atoms with van der Waals surface area (Å²) >= 11 is 0. The minimum atomic E-state index is -0.483. The molecule has 110 valence electrons. The van der Waals surface area contributed by atoms with E-state index in [2.05, 4.69) is 33.8 Å². The maximum Gasteiger partial charge on any atom is 0.101 e. The van der Waals surface area contributed by atoms with Crippen LogP contribution in [0.2, 0.25) is 0 Å². The summed E-state index contributed by atoms with van der Waals surface area (Å²) in [6, 6.07) is 9.96. The van der Waals surface area contributed by atoms with Gasteiger partial charge in [-0.3, -0.25) is 0 Å². The maximum absolute atomic E-state index is 10.7. The number of hydrogen-bond acceptors (Lipinski definition) is 1. The van der Waals surface area contributed by atoms with Crippen molar-refractivity contribution in [3.05, 3.63) is 58.7 Å². The fourth-order valence-corrected chi connectivity index (χ4v) is 2.80. The van der Waals surface area contributed by atoms with Gasteiger partial charge in [0.25, 0.3) is 0 Å². The molecular weight excluding hydrogens is 244 g/mol. The molecule has 0 saturated carbocycles. The minimum Gasteiger partial charge on any atom is -0.384 e. The molecule has 0 spiro atoms. The van der Waals surface area contributed by atoms with Crippen molar-refractivity contribution in [2.75, 3.05) is 0 Å². The molecule has 0 amide bonds. The van der Waals surface area contributed by atoms with Crippen molar-refractivity contribution in [2.45, 2.75) is 59.5 Å². The molecule has 0 aliphatic carbocycles. The molecule has 1 aromatic carbocycles. The molecule has 0 bridgehead atoms. The molecule has 1 aromatic rings. The van der Waals surface area contributed by atoms with Crippen molar-refractivity contribution in [2.24, 2.45) is 0 Å². The summed E-state index contributed by atoms with van der Waals surface area (Å²) in [6.45, 7) is 8.68. The van der Waals surface area contributed by atoms with Gasteiger partial charge in [-0.15, -0.1) is 0 Å². The molecular formula is C19H28O. The molecule has 20 heavy (non-hydrogen) atoms. The lowest BCUT2D eigenvalue weighted by Gasteiger charge is -2.21. The van der Waals surface area contributed by atoms with Crippen LogP contribution in [0.3, 0.4) is 0 Å². The molecule has 0 aromatic heterocycles. The molecule has 1 rings (SSSR count). The summed E-state index contributed by atoms with van der Waals surface area (Å²) in [5.41, 5.74) is 4.89. The number of rotatable bonds is 7. The van der Waals surface area contributed by atoms with Crippen molar-refractivity contribution in [3.8, 4) is 0 Å². The predicted molar refractivity (Wildman–Crippen MR) is 87.7 cm³/mol. The Morgan fingerprint density at radius 2 is 1.65 bits per heavy atom. The fourth-order valence-electron chi connectivity index (χ4n) is 2.80. The predicted octanol–water partition coefficient (Wildman–Crippen LogP) is 5.58. The SMILES string of the molecule is CC/C=C(CC)/C(CC)=C(\CC)C(O)c1ccccc1. The van der Waals surface area contributed by atoms with Crippen LogP contribution in [0, 0.1) is 0 Å². The van der Waals surface area contributed by atoms with Gasteiger partial charge in [-0.25, -0.2) is 0 Å². The zero-order valence-corrected chi connectivity index (χ0v) is 13.3. The van der Waals surface area contributed by atoms with E-state index in [0.717, 1.165) is 31.2 Å². The van der Waals surface area contributed by atoms with Crippen molar-refractivity contribution < 1.29 is 5.11 Å². The molecule has 0 aliphatic heterocycles. The molecule has 1 heteroatoms. The summed E-state index contributed by atoms with van der Waals surface area (Å²) in [5, 5.41) is 10.7. The Kier molecular flexibility index (Phi) is 7.32. The number of aliphatic hydroxyl groups is 1. The van der Waals surface area contributed by atoms with E-state index in [1.54, 1.807) is 0 Å². The highest BCUT2D eigenvalue weighted by Crippen LogP contribution is 2.32. The van der Waals surface area contributed by atoms with Gasteiger partial charge in [0, 0.05) is 0 Å². The zero-order chi connectivity index (χ0) is 15.0. The fraction of sp³-hybridized carbons (Fsp3) is 0.474. The van der Waals surface area contributed by atoms with E-state index in [4.69, 9.17) is 0 Å². The minimum absolute atomic E-state index is 0.483. The highest BCUT2D eigenvalue weighted by Gasteiger charge is 2.17. The van der Waals surface area contributed by atoms with Crippen molar-refractivity contribution >= 4 is 0 Å². The van der Waals surface area contributed by atoms with Crippen LogP contribution in [0.15, 0.2) is 53.1 Å². The van der Waals surface area contributed by atoms with Crippen LogP contribution in [-0.4, -0.2) is 5.11 Å². The molecule has 0 fully saturated rings. The van der Waals surface area contributed by atoms with Gasteiger partial charge < -0.3 is 5.11 Å². The third-order valence-corrected chi connectivity index (χ3v) is 3.79. The summed E-state index contributed by atoms with van der Waals surface area (Å²) < 4.78 is 0. The van der Waals surface area contributed by atoms with E-state index in [9.17, 15) is 5.11 Å².